The molecule has 208 valence electrons. The predicted molar refractivity (Wildman–Crippen MR) is 155 cm³/mol. The van der Waals surface area contributed by atoms with E-state index in [4.69, 9.17) is 4.74 Å². The van der Waals surface area contributed by atoms with Crippen LogP contribution in [0.2, 0.25) is 0 Å². The predicted octanol–water partition coefficient (Wildman–Crippen LogP) is 5.07. The van der Waals surface area contributed by atoms with Crippen molar-refractivity contribution in [3.8, 4) is 17.0 Å². The van der Waals surface area contributed by atoms with E-state index in [1.807, 2.05) is 29.9 Å². The number of pyridine rings is 1. The van der Waals surface area contributed by atoms with Crippen LogP contribution in [-0.4, -0.2) is 56.2 Å². The van der Waals surface area contributed by atoms with Crippen molar-refractivity contribution < 1.29 is 19.6 Å². The number of carboxylic acid groups (broad SMARTS) is 1. The number of hydrogen-bond donors (Lipinski definition) is 2. The summed E-state index contributed by atoms with van der Waals surface area (Å²) < 4.78 is 7.49. The van der Waals surface area contributed by atoms with Gasteiger partial charge in [-0.1, -0.05) is 18.2 Å². The van der Waals surface area contributed by atoms with E-state index in [1.54, 1.807) is 54.7 Å². The molecule has 0 fully saturated rings. The van der Waals surface area contributed by atoms with Crippen LogP contribution in [0.1, 0.15) is 15.9 Å². The SMILES string of the molecule is COc1cc(N(C)CCc2ccccc2C(=O)O)c([N+](=O)[O-])cc1Nc1nccc(-c2cn(C)c3ncccc23)n1. The Kier molecular flexibility index (Phi) is 7.46. The summed E-state index contributed by atoms with van der Waals surface area (Å²) in [6, 6.07) is 15.3. The number of benzene rings is 2. The van der Waals surface area contributed by atoms with E-state index in [0.717, 1.165) is 16.6 Å². The van der Waals surface area contributed by atoms with E-state index >= 15 is 0 Å². The Morgan fingerprint density at radius 1 is 1.15 bits per heavy atom. The molecule has 0 unspecified atom stereocenters. The lowest BCUT2D eigenvalue weighted by Crippen LogP contribution is -2.22. The molecule has 12 nitrogen and oxygen atoms in total. The maximum atomic E-state index is 12.1. The summed E-state index contributed by atoms with van der Waals surface area (Å²) >= 11 is 0. The minimum atomic E-state index is -1.02. The lowest BCUT2D eigenvalue weighted by atomic mass is 10.0. The Balaban J connectivity index is 1.44. The zero-order chi connectivity index (χ0) is 29.1. The number of rotatable bonds is 10. The third kappa shape index (κ3) is 5.48. The fourth-order valence-electron chi connectivity index (χ4n) is 4.74. The van der Waals surface area contributed by atoms with Crippen LogP contribution in [0.5, 0.6) is 5.75 Å². The molecule has 0 aliphatic heterocycles. The number of aromatic nitrogens is 4. The van der Waals surface area contributed by atoms with Gasteiger partial charge in [0, 0.05) is 62.3 Å². The largest absolute Gasteiger partial charge is 0.494 e. The second kappa shape index (κ2) is 11.3. The van der Waals surface area contributed by atoms with Crippen LogP contribution >= 0.6 is 0 Å². The number of nitrogens with one attached hydrogen (secondary N) is 1. The maximum Gasteiger partial charge on any atom is 0.335 e. The Hall–Kier alpha value is -5.52. The molecule has 3 aromatic heterocycles. The van der Waals surface area contributed by atoms with Crippen molar-refractivity contribution in [2.24, 2.45) is 7.05 Å². The number of methoxy groups -OCH3 is 1. The highest BCUT2D eigenvalue weighted by atomic mass is 16.6. The molecule has 0 aliphatic rings. The van der Waals surface area contributed by atoms with Crippen LogP contribution in [0.25, 0.3) is 22.3 Å². The smallest absolute Gasteiger partial charge is 0.335 e. The van der Waals surface area contributed by atoms with Gasteiger partial charge in [-0.25, -0.2) is 19.7 Å². The van der Waals surface area contributed by atoms with Crippen molar-refractivity contribution in [3.63, 3.8) is 0 Å². The highest BCUT2D eigenvalue weighted by Crippen LogP contribution is 2.39. The first kappa shape index (κ1) is 27.1. The molecule has 12 heteroatoms. The first-order valence-electron chi connectivity index (χ1n) is 12.7. The Morgan fingerprint density at radius 2 is 1.95 bits per heavy atom. The fourth-order valence-corrected chi connectivity index (χ4v) is 4.74. The number of fused-ring (bicyclic) bond motifs is 1. The molecule has 0 amide bonds. The summed E-state index contributed by atoms with van der Waals surface area (Å²) in [4.78, 5) is 38.3. The minimum Gasteiger partial charge on any atom is -0.494 e. The van der Waals surface area contributed by atoms with E-state index < -0.39 is 10.9 Å². The number of anilines is 3. The van der Waals surface area contributed by atoms with Gasteiger partial charge in [-0.3, -0.25) is 10.1 Å². The van der Waals surface area contributed by atoms with Crippen LogP contribution in [0.15, 0.2) is 73.2 Å². The van der Waals surface area contributed by atoms with E-state index in [-0.39, 0.29) is 17.2 Å². The first-order chi connectivity index (χ1) is 19.8. The molecule has 2 aromatic carbocycles. The van der Waals surface area contributed by atoms with Gasteiger partial charge < -0.3 is 24.6 Å². The van der Waals surface area contributed by atoms with E-state index in [9.17, 15) is 20.0 Å². The standard InChI is InChI=1S/C29H27N7O5/c1-34(14-11-18-7-4-5-8-19(18)28(37)38)24-16-26(41-3)23(15-25(24)36(39)40)33-29-31-13-10-22(32-29)21-17-35(2)27-20(21)9-6-12-30-27/h4-10,12-13,15-17H,11,14H2,1-3H3,(H,37,38)(H,31,32,33). The van der Waals surface area contributed by atoms with Crippen LogP contribution < -0.4 is 15.0 Å². The van der Waals surface area contributed by atoms with Gasteiger partial charge in [0.2, 0.25) is 5.95 Å². The summed E-state index contributed by atoms with van der Waals surface area (Å²) in [6.45, 7) is 0.339. The van der Waals surface area contributed by atoms with Crippen LogP contribution in [0.4, 0.5) is 23.0 Å². The first-order valence-corrected chi connectivity index (χ1v) is 12.7. The number of likely N-dealkylation sites (N-methyl/N-ethyl adjacent to an activating group) is 1. The summed E-state index contributed by atoms with van der Waals surface area (Å²) in [6.07, 6.45) is 5.66. The number of aryl methyl sites for hydroxylation is 1. The third-order valence-electron chi connectivity index (χ3n) is 6.78. The molecule has 0 aliphatic carbocycles. The third-order valence-corrected chi connectivity index (χ3v) is 6.78. The number of ether oxygens (including phenoxy) is 1. The van der Waals surface area contributed by atoms with Crippen molar-refractivity contribution in [2.75, 3.05) is 30.9 Å². The van der Waals surface area contributed by atoms with Gasteiger partial charge in [0.1, 0.15) is 17.1 Å². The van der Waals surface area contributed by atoms with E-state index in [1.165, 1.54) is 19.2 Å². The van der Waals surface area contributed by atoms with Crippen molar-refractivity contribution in [3.05, 3.63) is 94.4 Å². The van der Waals surface area contributed by atoms with Gasteiger partial charge in [0.25, 0.3) is 5.69 Å². The Morgan fingerprint density at radius 3 is 2.71 bits per heavy atom. The highest BCUT2D eigenvalue weighted by Gasteiger charge is 2.23. The van der Waals surface area contributed by atoms with Gasteiger partial charge in [-0.15, -0.1) is 0 Å². The minimum absolute atomic E-state index is 0.154. The van der Waals surface area contributed by atoms with Gasteiger partial charge in [0.15, 0.2) is 0 Å². The topological polar surface area (TPSA) is 149 Å². The quantitative estimate of drug-likeness (QED) is 0.177. The van der Waals surface area contributed by atoms with Crippen LogP contribution in [0.3, 0.4) is 0 Å². The molecule has 0 atom stereocenters. The number of carbonyl (C=O) groups is 1. The zero-order valence-corrected chi connectivity index (χ0v) is 22.6. The number of nitro benzene ring substituents is 1. The number of hydrogen-bond acceptors (Lipinski definition) is 9. The average Bonchev–Trinajstić information content (AvgIpc) is 3.32. The number of aromatic carboxylic acids is 1. The van der Waals surface area contributed by atoms with Gasteiger partial charge in [-0.2, -0.15) is 0 Å². The summed E-state index contributed by atoms with van der Waals surface area (Å²) in [7, 11) is 5.09. The molecular weight excluding hydrogens is 526 g/mol. The Bertz CT molecular complexity index is 1770. The monoisotopic (exact) mass is 553 g/mol. The Labute approximate surface area is 235 Å². The van der Waals surface area contributed by atoms with Crippen LogP contribution in [0, 0.1) is 10.1 Å². The van der Waals surface area contributed by atoms with Crippen molar-refractivity contribution >= 4 is 40.0 Å². The van der Waals surface area contributed by atoms with E-state index in [0.29, 0.717) is 41.3 Å². The van der Waals surface area contributed by atoms with Gasteiger partial charge in [0.05, 0.1) is 29.0 Å². The highest BCUT2D eigenvalue weighted by molar-refractivity contribution is 5.93. The zero-order valence-electron chi connectivity index (χ0n) is 22.6. The fraction of sp³-hybridized carbons (Fsp3) is 0.172. The van der Waals surface area contributed by atoms with Crippen molar-refractivity contribution in [1.29, 1.82) is 0 Å². The molecular formula is C29H27N7O5. The summed E-state index contributed by atoms with van der Waals surface area (Å²) in [5, 5.41) is 25.6. The lowest BCUT2D eigenvalue weighted by Gasteiger charge is -2.21. The number of nitrogens with zero attached hydrogens (tertiary/aromatic N) is 6. The number of carboxylic acids is 1. The van der Waals surface area contributed by atoms with Crippen LogP contribution in [-0.2, 0) is 13.5 Å². The van der Waals surface area contributed by atoms with Gasteiger partial charge in [-0.05, 0) is 36.2 Å². The normalized spacial score (nSPS) is 10.9. The molecule has 0 bridgehead atoms. The van der Waals surface area contributed by atoms with Crippen molar-refractivity contribution in [2.45, 2.75) is 6.42 Å². The van der Waals surface area contributed by atoms with Gasteiger partial charge >= 0.3 is 5.97 Å². The molecule has 0 spiro atoms. The second-order valence-electron chi connectivity index (χ2n) is 9.35. The second-order valence-corrected chi connectivity index (χ2v) is 9.35. The average molecular weight is 554 g/mol. The number of nitro groups is 1. The molecule has 0 radical (unpaired) electrons. The molecule has 0 saturated heterocycles. The molecule has 2 N–H and O–H groups in total. The van der Waals surface area contributed by atoms with E-state index in [2.05, 4.69) is 20.3 Å². The summed E-state index contributed by atoms with van der Waals surface area (Å²) in [5.41, 5.74) is 3.69. The maximum absolute atomic E-state index is 12.1. The summed E-state index contributed by atoms with van der Waals surface area (Å²) in [5.74, 6) is -0.427. The molecule has 5 aromatic rings. The molecule has 3 heterocycles. The molecule has 41 heavy (non-hydrogen) atoms. The lowest BCUT2D eigenvalue weighted by molar-refractivity contribution is -0.384. The molecule has 5 rings (SSSR count). The molecule has 0 saturated carbocycles. The van der Waals surface area contributed by atoms with Crippen molar-refractivity contribution in [1.82, 2.24) is 19.5 Å².